The second-order valence-electron chi connectivity index (χ2n) is 18.8. The molecule has 0 fully saturated rings. The molecule has 0 aromatic heterocycles. The highest BCUT2D eigenvalue weighted by Gasteiger charge is 2.19. The molecule has 68 heavy (non-hydrogen) atoms. The largest absolute Gasteiger partial charge is 0.462 e. The molecule has 0 saturated heterocycles. The molecule has 0 heterocycles. The molecule has 0 amide bonds. The number of rotatable bonds is 51. The van der Waals surface area contributed by atoms with Crippen LogP contribution in [-0.2, 0) is 28.6 Å². The highest BCUT2D eigenvalue weighted by atomic mass is 16.6. The molecule has 0 N–H and O–H groups in total. The van der Waals surface area contributed by atoms with Gasteiger partial charge in [0.1, 0.15) is 13.2 Å². The molecule has 0 bridgehead atoms. The van der Waals surface area contributed by atoms with Crippen molar-refractivity contribution in [1.82, 2.24) is 0 Å². The van der Waals surface area contributed by atoms with Crippen LogP contribution in [0.25, 0.3) is 0 Å². The summed E-state index contributed by atoms with van der Waals surface area (Å²) in [6.45, 7) is 6.47. The van der Waals surface area contributed by atoms with Gasteiger partial charge in [0, 0.05) is 19.3 Å². The Balaban J connectivity index is 4.44. The van der Waals surface area contributed by atoms with Gasteiger partial charge in [-0.2, -0.15) is 0 Å². The topological polar surface area (TPSA) is 78.9 Å². The smallest absolute Gasteiger partial charge is 0.306 e. The molecule has 1 atom stereocenters. The van der Waals surface area contributed by atoms with E-state index in [1.54, 1.807) is 0 Å². The van der Waals surface area contributed by atoms with Crippen LogP contribution in [0, 0.1) is 0 Å². The minimum Gasteiger partial charge on any atom is -0.462 e. The summed E-state index contributed by atoms with van der Waals surface area (Å²) < 4.78 is 16.8. The summed E-state index contributed by atoms with van der Waals surface area (Å²) in [4.78, 5) is 38.1. The van der Waals surface area contributed by atoms with Crippen molar-refractivity contribution in [2.24, 2.45) is 0 Å². The van der Waals surface area contributed by atoms with Crippen LogP contribution in [0.2, 0.25) is 0 Å². The molecular formula is C62H106O6. The Morgan fingerprint density at radius 3 is 1.04 bits per heavy atom. The van der Waals surface area contributed by atoms with Gasteiger partial charge in [0.2, 0.25) is 0 Å². The van der Waals surface area contributed by atoms with Crippen LogP contribution in [0.4, 0.5) is 0 Å². The average molecular weight is 948 g/mol. The lowest BCUT2D eigenvalue weighted by Crippen LogP contribution is -2.30. The van der Waals surface area contributed by atoms with Gasteiger partial charge in [-0.05, 0) is 109 Å². The van der Waals surface area contributed by atoms with E-state index >= 15 is 0 Å². The van der Waals surface area contributed by atoms with Crippen LogP contribution in [0.3, 0.4) is 0 Å². The fraction of sp³-hybridized carbons (Fsp3) is 0.726. The normalized spacial score (nSPS) is 12.7. The summed E-state index contributed by atoms with van der Waals surface area (Å²) >= 11 is 0. The van der Waals surface area contributed by atoms with Gasteiger partial charge in [-0.3, -0.25) is 14.4 Å². The molecular weight excluding hydrogens is 841 g/mol. The first-order valence-corrected chi connectivity index (χ1v) is 28.6. The van der Waals surface area contributed by atoms with Crippen molar-refractivity contribution < 1.29 is 28.6 Å². The molecule has 6 heteroatoms. The van der Waals surface area contributed by atoms with E-state index in [1.165, 1.54) is 135 Å². The maximum Gasteiger partial charge on any atom is 0.306 e. The summed E-state index contributed by atoms with van der Waals surface area (Å²) in [5, 5.41) is 0. The number of hydrogen-bond acceptors (Lipinski definition) is 6. The Morgan fingerprint density at radius 2 is 0.618 bits per heavy atom. The zero-order chi connectivity index (χ0) is 49.3. The predicted molar refractivity (Wildman–Crippen MR) is 293 cm³/mol. The number of ether oxygens (including phenoxy) is 3. The lowest BCUT2D eigenvalue weighted by atomic mass is 10.1. The Hall–Kier alpha value is -3.41. The molecule has 0 aromatic rings. The van der Waals surface area contributed by atoms with Crippen molar-refractivity contribution >= 4 is 17.9 Å². The van der Waals surface area contributed by atoms with Crippen LogP contribution in [0.15, 0.2) is 85.1 Å². The SMILES string of the molecule is CC/C=C\C/C=C\C/C=C\C/C=C\CCCCCC(=O)OC(COC(=O)CCCCCCCC/C=C\C=C/CCCCC)COC(=O)CCCCCCCCC/C=C\CCCCCCCCCC. The van der Waals surface area contributed by atoms with E-state index in [9.17, 15) is 14.4 Å². The molecule has 0 spiro atoms. The van der Waals surface area contributed by atoms with Crippen molar-refractivity contribution in [2.75, 3.05) is 13.2 Å². The maximum absolute atomic E-state index is 12.8. The second kappa shape index (κ2) is 56.2. The molecule has 0 aromatic carbocycles. The number of carbonyl (C=O) groups is 3. The van der Waals surface area contributed by atoms with Gasteiger partial charge in [-0.1, -0.05) is 228 Å². The molecule has 0 saturated carbocycles. The Morgan fingerprint density at radius 1 is 0.324 bits per heavy atom. The lowest BCUT2D eigenvalue weighted by Gasteiger charge is -2.18. The van der Waals surface area contributed by atoms with E-state index in [2.05, 4.69) is 106 Å². The Bertz CT molecular complexity index is 1320. The summed E-state index contributed by atoms with van der Waals surface area (Å²) in [5.74, 6) is -0.938. The second-order valence-corrected chi connectivity index (χ2v) is 18.8. The molecule has 0 aliphatic carbocycles. The van der Waals surface area contributed by atoms with Crippen LogP contribution in [0.1, 0.15) is 271 Å². The quantitative estimate of drug-likeness (QED) is 0.0199. The molecule has 0 aliphatic rings. The average Bonchev–Trinajstić information content (AvgIpc) is 3.34. The minimum absolute atomic E-state index is 0.0955. The van der Waals surface area contributed by atoms with Gasteiger partial charge in [-0.25, -0.2) is 0 Å². The standard InChI is InChI=1S/C62H106O6/c1-4-7-10-13-16-19-22-25-28-30-31-32-35-37-40-43-46-49-52-55-61(64)67-58-59(57-66-60(63)54-51-48-45-42-39-36-33-27-24-21-18-15-12-9-6-3)68-62(65)56-53-50-47-44-41-38-34-29-26-23-20-17-14-11-8-5-2/h8,11,17-18,20-21,24,26-27,29-31,38,41,59H,4-7,9-10,12-16,19,22-23,25,28,32-37,39-40,42-58H2,1-3H3/b11-8-,20-17-,21-18-,27-24-,29-26-,31-30-,41-38-. The fourth-order valence-corrected chi connectivity index (χ4v) is 7.83. The summed E-state index contributed by atoms with van der Waals surface area (Å²) in [7, 11) is 0. The summed E-state index contributed by atoms with van der Waals surface area (Å²) in [6, 6.07) is 0. The number of unbranched alkanes of at least 4 members (excludes halogenated alkanes) is 27. The molecule has 390 valence electrons. The lowest BCUT2D eigenvalue weighted by molar-refractivity contribution is -0.167. The van der Waals surface area contributed by atoms with Gasteiger partial charge in [-0.15, -0.1) is 0 Å². The van der Waals surface area contributed by atoms with Crippen LogP contribution >= 0.6 is 0 Å². The number of esters is 3. The molecule has 0 aliphatic heterocycles. The molecule has 0 rings (SSSR count). The zero-order valence-electron chi connectivity index (χ0n) is 44.6. The molecule has 0 radical (unpaired) electrons. The van der Waals surface area contributed by atoms with Crippen LogP contribution < -0.4 is 0 Å². The van der Waals surface area contributed by atoms with E-state index in [4.69, 9.17) is 14.2 Å². The van der Waals surface area contributed by atoms with Crippen molar-refractivity contribution in [3.8, 4) is 0 Å². The third-order valence-electron chi connectivity index (χ3n) is 12.1. The third-order valence-corrected chi connectivity index (χ3v) is 12.1. The first-order valence-electron chi connectivity index (χ1n) is 28.6. The van der Waals surface area contributed by atoms with Crippen molar-refractivity contribution in [2.45, 2.75) is 277 Å². The number of allylic oxidation sites excluding steroid dienone is 14. The van der Waals surface area contributed by atoms with Gasteiger partial charge in [0.05, 0.1) is 0 Å². The van der Waals surface area contributed by atoms with Crippen LogP contribution in [-0.4, -0.2) is 37.2 Å². The molecule has 6 nitrogen and oxygen atoms in total. The predicted octanol–water partition coefficient (Wildman–Crippen LogP) is 19.2. The highest BCUT2D eigenvalue weighted by Crippen LogP contribution is 2.14. The fourth-order valence-electron chi connectivity index (χ4n) is 7.83. The van der Waals surface area contributed by atoms with Gasteiger partial charge < -0.3 is 14.2 Å². The van der Waals surface area contributed by atoms with E-state index < -0.39 is 6.10 Å². The highest BCUT2D eigenvalue weighted by molar-refractivity contribution is 5.71. The minimum atomic E-state index is -0.801. The summed E-state index contributed by atoms with van der Waals surface area (Å²) in [5.41, 5.74) is 0. The third kappa shape index (κ3) is 53.5. The van der Waals surface area contributed by atoms with Crippen LogP contribution in [0.5, 0.6) is 0 Å². The van der Waals surface area contributed by atoms with E-state index in [-0.39, 0.29) is 37.5 Å². The Kier molecular flexibility index (Phi) is 53.4. The van der Waals surface area contributed by atoms with Crippen molar-refractivity contribution in [3.05, 3.63) is 85.1 Å². The zero-order valence-corrected chi connectivity index (χ0v) is 44.6. The van der Waals surface area contributed by atoms with Crippen molar-refractivity contribution in [3.63, 3.8) is 0 Å². The van der Waals surface area contributed by atoms with Gasteiger partial charge >= 0.3 is 17.9 Å². The Labute approximate surface area is 420 Å². The molecule has 1 unspecified atom stereocenters. The monoisotopic (exact) mass is 947 g/mol. The van der Waals surface area contributed by atoms with E-state index in [1.807, 2.05) is 0 Å². The van der Waals surface area contributed by atoms with E-state index in [0.29, 0.717) is 12.8 Å². The van der Waals surface area contributed by atoms with E-state index in [0.717, 1.165) is 96.3 Å². The first kappa shape index (κ1) is 64.6. The van der Waals surface area contributed by atoms with Crippen molar-refractivity contribution in [1.29, 1.82) is 0 Å². The summed E-state index contributed by atoms with van der Waals surface area (Å²) in [6.07, 6.45) is 72.8. The first-order chi connectivity index (χ1) is 33.5. The van der Waals surface area contributed by atoms with Gasteiger partial charge in [0.25, 0.3) is 0 Å². The maximum atomic E-state index is 12.8. The number of carbonyl (C=O) groups excluding carboxylic acids is 3. The number of hydrogen-bond donors (Lipinski definition) is 0. The van der Waals surface area contributed by atoms with Gasteiger partial charge in [0.15, 0.2) is 6.10 Å².